The van der Waals surface area contributed by atoms with Crippen molar-refractivity contribution in [3.8, 4) is 11.8 Å². The lowest BCUT2D eigenvalue weighted by Gasteiger charge is -2.53. The molecule has 3 aliphatic heterocycles. The first-order valence-electron chi connectivity index (χ1n) is 9.30. The molecular weight excluding hydrogens is 318 g/mol. The number of aliphatic hydroxyl groups excluding tert-OH is 1. The first-order chi connectivity index (χ1) is 11.1. The normalized spacial score (nSPS) is 33.2. The zero-order valence-electron chi connectivity index (χ0n) is 16.1. The van der Waals surface area contributed by atoms with Gasteiger partial charge in [-0.3, -0.25) is 4.90 Å². The summed E-state index contributed by atoms with van der Waals surface area (Å²) in [6.07, 6.45) is 3.32. The summed E-state index contributed by atoms with van der Waals surface area (Å²) in [5.41, 5.74) is -0.874. The lowest BCUT2D eigenvalue weighted by Crippen LogP contribution is -2.63. The summed E-state index contributed by atoms with van der Waals surface area (Å²) in [7, 11) is -1.72. The van der Waals surface area contributed by atoms with Gasteiger partial charge in [0.15, 0.2) is 8.32 Å². The summed E-state index contributed by atoms with van der Waals surface area (Å²) < 4.78 is 6.42. The largest absolute Gasteiger partial charge is 0.415 e. The van der Waals surface area contributed by atoms with E-state index in [1.54, 1.807) is 0 Å². The maximum absolute atomic E-state index is 10.9. The van der Waals surface area contributed by atoms with Gasteiger partial charge in [0.2, 0.25) is 0 Å². The van der Waals surface area contributed by atoms with Gasteiger partial charge in [-0.25, -0.2) is 0 Å². The van der Waals surface area contributed by atoms with Crippen LogP contribution < -0.4 is 0 Å². The maximum atomic E-state index is 10.9. The van der Waals surface area contributed by atoms with Crippen molar-refractivity contribution in [3.63, 3.8) is 0 Å². The number of aliphatic hydroxyl groups is 2. The standard InChI is InChI=1S/C19H35NO3Si/c1-18(2,3)24(4,5)23-14-17-13-16-9-11-20(17)15-19(16,22)10-7-6-8-12-21/h16-17,21-22H,6,8-9,11-15H2,1-5H3/t16-,17+,19-/m0/s1. The van der Waals surface area contributed by atoms with E-state index in [0.29, 0.717) is 25.4 Å². The Morgan fingerprint density at radius 1 is 1.33 bits per heavy atom. The average Bonchev–Trinajstić information content (AvgIpc) is 2.49. The van der Waals surface area contributed by atoms with Crippen molar-refractivity contribution in [1.82, 2.24) is 4.90 Å². The molecule has 0 aromatic rings. The minimum atomic E-state index is -1.72. The van der Waals surface area contributed by atoms with E-state index in [2.05, 4.69) is 50.6 Å². The molecule has 3 fully saturated rings. The fraction of sp³-hybridized carbons (Fsp3) is 0.895. The van der Waals surface area contributed by atoms with Crippen LogP contribution >= 0.6 is 0 Å². The van der Waals surface area contributed by atoms with Gasteiger partial charge >= 0.3 is 0 Å². The highest BCUT2D eigenvalue weighted by atomic mass is 28.4. The summed E-state index contributed by atoms with van der Waals surface area (Å²) in [5, 5.41) is 20.0. The van der Waals surface area contributed by atoms with Crippen LogP contribution in [0.1, 0.15) is 46.5 Å². The van der Waals surface area contributed by atoms with Crippen molar-refractivity contribution >= 4 is 8.32 Å². The summed E-state index contributed by atoms with van der Waals surface area (Å²) in [6, 6.07) is 0.414. The quantitative estimate of drug-likeness (QED) is 0.453. The summed E-state index contributed by atoms with van der Waals surface area (Å²) in [4.78, 5) is 2.37. The second kappa shape index (κ2) is 7.47. The molecule has 3 heterocycles. The SMILES string of the molecule is CC(C)(C)[Si](C)(C)OC[C@H]1C[C@@H]2CCN1C[C@@]2(O)C#CCCCO. The fourth-order valence-electron chi connectivity index (χ4n) is 3.40. The highest BCUT2D eigenvalue weighted by Gasteiger charge is 2.49. The van der Waals surface area contributed by atoms with Crippen LogP contribution in [0.4, 0.5) is 0 Å². The van der Waals surface area contributed by atoms with E-state index < -0.39 is 13.9 Å². The van der Waals surface area contributed by atoms with Gasteiger partial charge in [-0.15, -0.1) is 5.92 Å². The van der Waals surface area contributed by atoms with Gasteiger partial charge in [0, 0.05) is 38.1 Å². The van der Waals surface area contributed by atoms with Gasteiger partial charge in [0.25, 0.3) is 0 Å². The number of fused-ring (bicyclic) bond motifs is 3. The number of nitrogens with zero attached hydrogens (tertiary/aromatic N) is 1. The van der Waals surface area contributed by atoms with Crippen molar-refractivity contribution in [3.05, 3.63) is 0 Å². The zero-order valence-corrected chi connectivity index (χ0v) is 17.1. The first kappa shape index (κ1) is 19.9. The molecule has 2 N–H and O–H groups in total. The Labute approximate surface area is 148 Å². The van der Waals surface area contributed by atoms with Crippen LogP contribution in [0, 0.1) is 17.8 Å². The molecule has 0 aromatic carbocycles. The van der Waals surface area contributed by atoms with Crippen LogP contribution in [0.5, 0.6) is 0 Å². The fourth-order valence-corrected chi connectivity index (χ4v) is 4.44. The van der Waals surface area contributed by atoms with E-state index in [0.717, 1.165) is 26.0 Å². The number of piperidine rings is 3. The molecule has 4 nitrogen and oxygen atoms in total. The highest BCUT2D eigenvalue weighted by Crippen LogP contribution is 2.41. The Balaban J connectivity index is 1.94. The molecule has 138 valence electrons. The van der Waals surface area contributed by atoms with Crippen molar-refractivity contribution < 1.29 is 14.6 Å². The Morgan fingerprint density at radius 3 is 2.58 bits per heavy atom. The topological polar surface area (TPSA) is 52.9 Å². The third-order valence-electron chi connectivity index (χ3n) is 6.16. The molecule has 3 saturated heterocycles. The molecule has 3 rings (SSSR count). The molecular formula is C19H35NO3Si. The summed E-state index contributed by atoms with van der Waals surface area (Å²) in [5.74, 6) is 6.41. The van der Waals surface area contributed by atoms with Gasteiger partial charge in [-0.2, -0.15) is 0 Å². The molecule has 1 unspecified atom stereocenters. The average molecular weight is 354 g/mol. The molecule has 0 aliphatic carbocycles. The van der Waals surface area contributed by atoms with Crippen LogP contribution in [-0.2, 0) is 4.43 Å². The van der Waals surface area contributed by atoms with Crippen molar-refractivity contribution in [2.45, 2.75) is 76.2 Å². The van der Waals surface area contributed by atoms with Gasteiger partial charge < -0.3 is 14.6 Å². The van der Waals surface area contributed by atoms with Crippen molar-refractivity contribution in [2.24, 2.45) is 5.92 Å². The number of hydrogen-bond donors (Lipinski definition) is 2. The van der Waals surface area contributed by atoms with Crippen LogP contribution in [0.15, 0.2) is 0 Å². The zero-order chi connectivity index (χ0) is 18.0. The summed E-state index contributed by atoms with van der Waals surface area (Å²) in [6.45, 7) is 14.0. The Bertz CT molecular complexity index is 491. The minimum absolute atomic E-state index is 0.162. The second-order valence-electron chi connectivity index (χ2n) is 8.97. The highest BCUT2D eigenvalue weighted by molar-refractivity contribution is 6.74. The molecule has 0 saturated carbocycles. The molecule has 24 heavy (non-hydrogen) atoms. The third kappa shape index (κ3) is 4.42. The maximum Gasteiger partial charge on any atom is 0.192 e. The minimum Gasteiger partial charge on any atom is -0.415 e. The molecule has 0 spiro atoms. The smallest absolute Gasteiger partial charge is 0.192 e. The monoisotopic (exact) mass is 353 g/mol. The van der Waals surface area contributed by atoms with Gasteiger partial charge in [0.05, 0.1) is 0 Å². The number of rotatable bonds is 5. The summed E-state index contributed by atoms with van der Waals surface area (Å²) >= 11 is 0. The second-order valence-corrected chi connectivity index (χ2v) is 13.8. The predicted molar refractivity (Wildman–Crippen MR) is 100 cm³/mol. The molecule has 0 amide bonds. The van der Waals surface area contributed by atoms with Crippen LogP contribution in [-0.4, -0.2) is 61.4 Å². The lowest BCUT2D eigenvalue weighted by atomic mass is 9.73. The van der Waals surface area contributed by atoms with Crippen molar-refractivity contribution in [2.75, 3.05) is 26.3 Å². The lowest BCUT2D eigenvalue weighted by molar-refractivity contribution is -0.105. The van der Waals surface area contributed by atoms with Gasteiger partial charge in [-0.05, 0) is 43.9 Å². The predicted octanol–water partition coefficient (Wildman–Crippen LogP) is 2.61. The number of unbranched alkanes of at least 4 members (excludes halogenated alkanes) is 1. The van der Waals surface area contributed by atoms with E-state index >= 15 is 0 Å². The Kier molecular flexibility index (Phi) is 6.20. The van der Waals surface area contributed by atoms with Crippen LogP contribution in [0.25, 0.3) is 0 Å². The van der Waals surface area contributed by atoms with E-state index in [9.17, 15) is 5.11 Å². The van der Waals surface area contributed by atoms with Gasteiger partial charge in [0.1, 0.15) is 5.60 Å². The van der Waals surface area contributed by atoms with Crippen LogP contribution in [0.3, 0.4) is 0 Å². The number of hydrogen-bond acceptors (Lipinski definition) is 4. The first-order valence-corrected chi connectivity index (χ1v) is 12.2. The van der Waals surface area contributed by atoms with E-state index in [1.807, 2.05) is 0 Å². The van der Waals surface area contributed by atoms with Gasteiger partial charge in [-0.1, -0.05) is 26.7 Å². The Morgan fingerprint density at radius 2 is 2.04 bits per heavy atom. The Hall–Kier alpha value is -0.383. The molecule has 0 radical (unpaired) electrons. The molecule has 3 aliphatic rings. The molecule has 5 heteroatoms. The molecule has 0 aromatic heterocycles. The van der Waals surface area contributed by atoms with Crippen molar-refractivity contribution in [1.29, 1.82) is 0 Å². The van der Waals surface area contributed by atoms with Crippen LogP contribution in [0.2, 0.25) is 18.1 Å². The molecule has 2 bridgehead atoms. The van der Waals surface area contributed by atoms with E-state index in [1.165, 1.54) is 0 Å². The van der Waals surface area contributed by atoms with E-state index in [4.69, 9.17) is 9.53 Å². The third-order valence-corrected chi connectivity index (χ3v) is 10.7. The van der Waals surface area contributed by atoms with E-state index in [-0.39, 0.29) is 17.6 Å². The molecule has 4 atom stereocenters.